The third kappa shape index (κ3) is 12.6. The molecule has 6 N–H and O–H groups in total. The van der Waals surface area contributed by atoms with Crippen molar-refractivity contribution in [2.45, 2.75) is 216 Å². The van der Waals surface area contributed by atoms with Crippen LogP contribution in [-0.2, 0) is 0 Å². The first kappa shape index (κ1) is 60.2. The maximum Gasteiger partial charge on any atom is 0.426 e. The first-order valence-corrected chi connectivity index (χ1v) is 25.6. The summed E-state index contributed by atoms with van der Waals surface area (Å²) in [4.78, 5) is 0. The lowest BCUT2D eigenvalue weighted by Gasteiger charge is -2.44. The molecule has 0 spiro atoms. The molecule has 0 aromatic carbocycles. The number of aliphatic hydroxyl groups excluding tert-OH is 4. The van der Waals surface area contributed by atoms with Crippen LogP contribution in [0.3, 0.4) is 0 Å². The second-order valence-corrected chi connectivity index (χ2v) is 22.8. The molecular weight excluding hydrogens is 973 g/mol. The minimum absolute atomic E-state index is 0.0770. The smallest absolute Gasteiger partial charge is 0.393 e. The number of aliphatic hydroxyl groups is 6. The Morgan fingerprint density at radius 2 is 0.861 bits per heavy atom. The molecule has 0 heterocycles. The van der Waals surface area contributed by atoms with Crippen molar-refractivity contribution in [2.75, 3.05) is 0 Å². The van der Waals surface area contributed by atoms with E-state index in [1.165, 1.54) is 11.1 Å². The first-order valence-electron chi connectivity index (χ1n) is 25.6. The quantitative estimate of drug-likeness (QED) is 0.108. The fraction of sp³-hybridized carbons (Fsp3) is 0.778. The number of fused-ring (bicyclic) bond motifs is 2. The predicted octanol–water partition coefficient (Wildman–Crippen LogP) is 13.6. The first-order chi connectivity index (χ1) is 33.0. The second kappa shape index (κ2) is 22.5. The number of alkyl halides is 12. The summed E-state index contributed by atoms with van der Waals surface area (Å²) in [6, 6.07) is 0. The fourth-order valence-electron chi connectivity index (χ4n) is 14.0. The molecule has 6 fully saturated rings. The molecule has 6 nitrogen and oxygen atoms in total. The molecule has 12 atom stereocenters. The summed E-state index contributed by atoms with van der Waals surface area (Å²) in [5.41, 5.74) is -4.16. The van der Waals surface area contributed by atoms with Crippen LogP contribution in [0.1, 0.15) is 156 Å². The maximum absolute atomic E-state index is 13.0. The van der Waals surface area contributed by atoms with Crippen molar-refractivity contribution >= 4 is 0 Å². The number of hydrogen-bond acceptors (Lipinski definition) is 6. The summed E-state index contributed by atoms with van der Waals surface area (Å²) in [5.74, 6) is 0.710. The summed E-state index contributed by atoms with van der Waals surface area (Å²) in [7, 11) is 0. The number of hydrogen-bond donors (Lipinski definition) is 6. The van der Waals surface area contributed by atoms with Crippen LogP contribution in [-0.4, -0.2) is 91.0 Å². The lowest BCUT2D eigenvalue weighted by molar-refractivity contribution is -0.370. The molecule has 0 unspecified atom stereocenters. The SMILES string of the molecule is C=C1/C(=C\C=C2/CCC[C@]3(C)[C@@H]([C@H](C)CCCC(O)(C(F)(F)F)C(F)(F)F)CC[C@@H]23)C[C@@H](O)C[C@@H]1O.C=C1/C(=C\C=C2/CCC[C@]3(C)[C@@H]([C@H](C)CCCC(O)(C(F)(F)F)C(F)(F)F)CC[C@@H]23)C[C@@H](O)C[C@@H]1O. The molecule has 0 aromatic rings. The monoisotopic (exact) mass is 1050 g/mol. The van der Waals surface area contributed by atoms with E-state index in [0.29, 0.717) is 24.0 Å². The number of halogens is 12. The van der Waals surface area contributed by atoms with Crippen molar-refractivity contribution in [2.24, 2.45) is 46.3 Å². The minimum Gasteiger partial charge on any atom is -0.393 e. The Hall–Kier alpha value is -2.64. The van der Waals surface area contributed by atoms with Gasteiger partial charge in [-0.05, 0) is 171 Å². The molecular formula is C54H76F12O6. The molecule has 412 valence electrons. The highest BCUT2D eigenvalue weighted by Gasteiger charge is 2.70. The average Bonchev–Trinajstić information content (AvgIpc) is 3.80. The topological polar surface area (TPSA) is 121 Å². The second-order valence-electron chi connectivity index (χ2n) is 22.8. The van der Waals surface area contributed by atoms with E-state index in [9.17, 15) is 83.3 Å². The van der Waals surface area contributed by atoms with E-state index in [4.69, 9.17) is 0 Å². The van der Waals surface area contributed by atoms with Crippen molar-refractivity contribution in [3.05, 3.63) is 70.9 Å². The van der Waals surface area contributed by atoms with E-state index in [0.717, 1.165) is 75.4 Å². The lowest BCUT2D eigenvalue weighted by Crippen LogP contribution is -2.56. The van der Waals surface area contributed by atoms with Gasteiger partial charge >= 0.3 is 24.7 Å². The number of allylic oxidation sites excluding steroid dienone is 6. The van der Waals surface area contributed by atoms with Gasteiger partial charge in [0.15, 0.2) is 0 Å². The molecule has 0 bridgehead atoms. The van der Waals surface area contributed by atoms with Gasteiger partial charge in [-0.1, -0.05) is 89.1 Å². The van der Waals surface area contributed by atoms with E-state index in [2.05, 4.69) is 39.2 Å². The molecule has 72 heavy (non-hydrogen) atoms. The van der Waals surface area contributed by atoms with Crippen LogP contribution < -0.4 is 0 Å². The molecule has 6 saturated carbocycles. The minimum atomic E-state index is -5.77. The maximum atomic E-state index is 13.0. The Morgan fingerprint density at radius 3 is 1.17 bits per heavy atom. The van der Waals surface area contributed by atoms with Crippen molar-refractivity contribution in [1.82, 2.24) is 0 Å². The number of rotatable bonds is 12. The Labute approximate surface area is 416 Å². The van der Waals surface area contributed by atoms with Crippen LogP contribution in [0, 0.1) is 46.3 Å². The molecule has 6 aliphatic rings. The third-order valence-electron chi connectivity index (χ3n) is 18.2. The Kier molecular flexibility index (Phi) is 18.8. The van der Waals surface area contributed by atoms with Gasteiger partial charge in [0.25, 0.3) is 11.2 Å². The van der Waals surface area contributed by atoms with Crippen molar-refractivity contribution < 1.29 is 83.3 Å². The van der Waals surface area contributed by atoms with Gasteiger partial charge in [-0.25, -0.2) is 0 Å². The molecule has 0 saturated heterocycles. The molecule has 0 aromatic heterocycles. The van der Waals surface area contributed by atoms with Crippen LogP contribution in [0.25, 0.3) is 0 Å². The normalized spacial score (nSPS) is 35.4. The zero-order valence-corrected chi connectivity index (χ0v) is 41.9. The van der Waals surface area contributed by atoms with Gasteiger partial charge in [-0.3, -0.25) is 0 Å². The molecule has 0 aliphatic heterocycles. The molecule has 18 heteroatoms. The summed E-state index contributed by atoms with van der Waals surface area (Å²) in [6.45, 7) is 16.1. The van der Waals surface area contributed by atoms with E-state index < -0.39 is 73.2 Å². The zero-order valence-electron chi connectivity index (χ0n) is 41.9. The van der Waals surface area contributed by atoms with Crippen LogP contribution in [0.5, 0.6) is 0 Å². The zero-order chi connectivity index (χ0) is 54.2. The van der Waals surface area contributed by atoms with Gasteiger partial charge < -0.3 is 30.6 Å². The van der Waals surface area contributed by atoms with Gasteiger partial charge in [0.2, 0.25) is 0 Å². The van der Waals surface area contributed by atoms with E-state index in [1.54, 1.807) is 0 Å². The van der Waals surface area contributed by atoms with Crippen LogP contribution >= 0.6 is 0 Å². The van der Waals surface area contributed by atoms with Gasteiger partial charge in [0.05, 0.1) is 24.4 Å². The van der Waals surface area contributed by atoms with E-state index >= 15 is 0 Å². The van der Waals surface area contributed by atoms with Crippen molar-refractivity contribution in [1.29, 1.82) is 0 Å². The predicted molar refractivity (Wildman–Crippen MR) is 250 cm³/mol. The largest absolute Gasteiger partial charge is 0.426 e. The molecule has 0 radical (unpaired) electrons. The summed E-state index contributed by atoms with van der Waals surface area (Å²) >= 11 is 0. The molecule has 6 aliphatic carbocycles. The highest BCUT2D eigenvalue weighted by Crippen LogP contribution is 2.62. The van der Waals surface area contributed by atoms with Gasteiger partial charge in [-0.2, -0.15) is 52.7 Å². The Morgan fingerprint density at radius 1 is 0.542 bits per heavy atom. The van der Waals surface area contributed by atoms with Gasteiger partial charge in [0.1, 0.15) is 0 Å². The standard InChI is InChI=1S/2C27H38F6O3/c2*1-16(6-4-13-25(36,26(28,29)30)27(31,32)33)21-10-11-22-18(7-5-12-24(21,22)3)8-9-19-14-20(34)15-23(35)17(19)2/h2*8-9,16,20-23,34-36H,2,4-7,10-15H2,1,3H3/b2*18-8+,19-9-/t2*16-,20-,21-,22+,23+,24-/m11/s1. The molecule has 0 amide bonds. The van der Waals surface area contributed by atoms with Gasteiger partial charge in [-0.15, -0.1) is 0 Å². The fourth-order valence-corrected chi connectivity index (χ4v) is 14.0. The Bertz CT molecular complexity index is 1860. The van der Waals surface area contributed by atoms with Crippen molar-refractivity contribution in [3.8, 4) is 0 Å². The van der Waals surface area contributed by atoms with E-state index in [1.807, 2.05) is 26.0 Å². The summed E-state index contributed by atoms with van der Waals surface area (Å²) < 4.78 is 156. The Balaban J connectivity index is 0.000000267. The third-order valence-corrected chi connectivity index (χ3v) is 18.2. The summed E-state index contributed by atoms with van der Waals surface area (Å²) in [6.07, 6.45) is -10.5. The highest BCUT2D eigenvalue weighted by atomic mass is 19.4. The lowest BCUT2D eigenvalue weighted by atomic mass is 9.60. The van der Waals surface area contributed by atoms with E-state index in [-0.39, 0.29) is 84.9 Å². The van der Waals surface area contributed by atoms with Gasteiger partial charge in [0, 0.05) is 12.8 Å². The van der Waals surface area contributed by atoms with Crippen LogP contribution in [0.2, 0.25) is 0 Å². The summed E-state index contributed by atoms with van der Waals surface area (Å²) in [5, 5.41) is 59.1. The van der Waals surface area contributed by atoms with Crippen LogP contribution in [0.15, 0.2) is 70.9 Å². The van der Waals surface area contributed by atoms with Crippen molar-refractivity contribution in [3.63, 3.8) is 0 Å². The molecule has 6 rings (SSSR count). The average molecular weight is 1050 g/mol. The van der Waals surface area contributed by atoms with Crippen LogP contribution in [0.4, 0.5) is 52.7 Å². The highest BCUT2D eigenvalue weighted by molar-refractivity contribution is 5.40.